The Hall–Kier alpha value is -3.03. The average Bonchev–Trinajstić information content (AvgIpc) is 3.24. The standard InChI is InChI=1S/C25H25FN2O3S/c1-28(19-10-4-2-5-11-19)24(29)17-18-16-23(32(30,31)20-12-6-3-7-13-20)25(27-18)21-14-8-9-15-22(21)26/h2-15,18,23,25,27H,16-17H2,1H3. The molecule has 0 bridgehead atoms. The smallest absolute Gasteiger partial charge is 0.228 e. The Morgan fingerprint density at radius 2 is 1.56 bits per heavy atom. The van der Waals surface area contributed by atoms with Gasteiger partial charge >= 0.3 is 0 Å². The first-order chi connectivity index (χ1) is 15.4. The Labute approximate surface area is 187 Å². The highest BCUT2D eigenvalue weighted by molar-refractivity contribution is 7.92. The zero-order chi connectivity index (χ0) is 22.7. The van der Waals surface area contributed by atoms with Crippen LogP contribution in [0.3, 0.4) is 0 Å². The second-order valence-electron chi connectivity index (χ2n) is 7.99. The van der Waals surface area contributed by atoms with Crippen molar-refractivity contribution in [3.05, 3.63) is 96.3 Å². The van der Waals surface area contributed by atoms with Crippen LogP contribution in [0.5, 0.6) is 0 Å². The minimum absolute atomic E-state index is 0.108. The minimum atomic E-state index is -3.75. The third-order valence-electron chi connectivity index (χ3n) is 5.95. The highest BCUT2D eigenvalue weighted by Gasteiger charge is 2.44. The lowest BCUT2D eigenvalue weighted by Crippen LogP contribution is -2.34. The molecule has 0 aromatic heterocycles. The highest BCUT2D eigenvalue weighted by Crippen LogP contribution is 2.37. The summed E-state index contributed by atoms with van der Waals surface area (Å²) >= 11 is 0. The fourth-order valence-corrected chi connectivity index (χ4v) is 6.19. The van der Waals surface area contributed by atoms with Crippen molar-refractivity contribution in [1.29, 1.82) is 0 Å². The van der Waals surface area contributed by atoms with Crippen molar-refractivity contribution >= 4 is 21.4 Å². The van der Waals surface area contributed by atoms with E-state index in [4.69, 9.17) is 0 Å². The molecule has 32 heavy (non-hydrogen) atoms. The molecule has 1 aliphatic rings. The predicted octanol–water partition coefficient (Wildman–Crippen LogP) is 4.12. The van der Waals surface area contributed by atoms with Crippen LogP contribution in [0.25, 0.3) is 0 Å². The Kier molecular flexibility index (Phi) is 6.39. The summed E-state index contributed by atoms with van der Waals surface area (Å²) in [6.07, 6.45) is 0.321. The van der Waals surface area contributed by atoms with Gasteiger partial charge in [0.25, 0.3) is 0 Å². The van der Waals surface area contributed by atoms with Crippen LogP contribution in [0.4, 0.5) is 10.1 Å². The third kappa shape index (κ3) is 4.45. The number of para-hydroxylation sites is 1. The Balaban J connectivity index is 1.62. The van der Waals surface area contributed by atoms with Gasteiger partial charge in [-0.2, -0.15) is 0 Å². The first kappa shape index (κ1) is 22.2. The van der Waals surface area contributed by atoms with Gasteiger partial charge in [0.15, 0.2) is 9.84 Å². The number of halogens is 1. The number of benzene rings is 3. The molecule has 1 fully saturated rings. The molecule has 1 aliphatic heterocycles. The van der Waals surface area contributed by atoms with Gasteiger partial charge in [0, 0.05) is 30.8 Å². The Morgan fingerprint density at radius 3 is 2.22 bits per heavy atom. The first-order valence-corrected chi connectivity index (χ1v) is 12.0. The van der Waals surface area contributed by atoms with Gasteiger partial charge in [-0.3, -0.25) is 4.79 Å². The maximum atomic E-state index is 14.6. The molecule has 0 aliphatic carbocycles. The predicted molar refractivity (Wildman–Crippen MR) is 123 cm³/mol. The molecule has 3 aromatic carbocycles. The van der Waals surface area contributed by atoms with Crippen LogP contribution in [0.1, 0.15) is 24.4 Å². The number of carbonyl (C=O) groups excluding carboxylic acids is 1. The van der Waals surface area contributed by atoms with Crippen LogP contribution in [0.2, 0.25) is 0 Å². The van der Waals surface area contributed by atoms with Crippen molar-refractivity contribution in [2.45, 2.75) is 35.1 Å². The summed E-state index contributed by atoms with van der Waals surface area (Å²) in [4.78, 5) is 14.6. The van der Waals surface area contributed by atoms with Gasteiger partial charge in [0.05, 0.1) is 16.2 Å². The fraction of sp³-hybridized carbons (Fsp3) is 0.240. The second kappa shape index (κ2) is 9.22. The van der Waals surface area contributed by atoms with Gasteiger partial charge < -0.3 is 10.2 Å². The number of sulfone groups is 1. The van der Waals surface area contributed by atoms with Gasteiger partial charge in [0.1, 0.15) is 5.82 Å². The van der Waals surface area contributed by atoms with Gasteiger partial charge in [-0.15, -0.1) is 0 Å². The molecule has 0 spiro atoms. The summed E-state index contributed by atoms with van der Waals surface area (Å²) in [5.41, 5.74) is 1.05. The van der Waals surface area contributed by atoms with Crippen LogP contribution < -0.4 is 10.2 Å². The van der Waals surface area contributed by atoms with Crippen molar-refractivity contribution in [3.8, 4) is 0 Å². The molecule has 0 radical (unpaired) electrons. The number of rotatable bonds is 6. The quantitative estimate of drug-likeness (QED) is 0.611. The van der Waals surface area contributed by atoms with E-state index in [2.05, 4.69) is 5.32 Å². The van der Waals surface area contributed by atoms with E-state index in [1.165, 1.54) is 6.07 Å². The van der Waals surface area contributed by atoms with E-state index in [1.54, 1.807) is 60.5 Å². The van der Waals surface area contributed by atoms with Crippen molar-refractivity contribution in [2.24, 2.45) is 0 Å². The molecule has 3 atom stereocenters. The number of nitrogens with zero attached hydrogens (tertiary/aromatic N) is 1. The molecule has 1 amide bonds. The number of nitrogens with one attached hydrogen (secondary N) is 1. The van der Waals surface area contributed by atoms with E-state index in [-0.39, 0.29) is 23.6 Å². The summed E-state index contributed by atoms with van der Waals surface area (Å²) < 4.78 is 41.6. The third-order valence-corrected chi connectivity index (χ3v) is 8.14. The Bertz CT molecular complexity index is 1190. The molecular formula is C25H25FN2O3S. The molecule has 3 unspecified atom stereocenters. The number of hydrogen-bond acceptors (Lipinski definition) is 4. The van der Waals surface area contributed by atoms with E-state index in [0.717, 1.165) is 5.69 Å². The zero-order valence-electron chi connectivity index (χ0n) is 17.7. The molecular weight excluding hydrogens is 427 g/mol. The van der Waals surface area contributed by atoms with E-state index in [0.29, 0.717) is 5.56 Å². The Morgan fingerprint density at radius 1 is 0.969 bits per heavy atom. The summed E-state index contributed by atoms with van der Waals surface area (Å²) in [6.45, 7) is 0. The molecule has 4 rings (SSSR count). The lowest BCUT2D eigenvalue weighted by molar-refractivity contribution is -0.118. The molecule has 5 nitrogen and oxygen atoms in total. The normalized spacial score (nSPS) is 20.8. The first-order valence-electron chi connectivity index (χ1n) is 10.5. The second-order valence-corrected chi connectivity index (χ2v) is 10.2. The van der Waals surface area contributed by atoms with E-state index in [1.807, 2.05) is 30.3 Å². The van der Waals surface area contributed by atoms with Gasteiger partial charge in [-0.1, -0.05) is 54.6 Å². The molecule has 1 saturated heterocycles. The molecule has 1 N–H and O–H groups in total. The van der Waals surface area contributed by atoms with Gasteiger partial charge in [-0.05, 0) is 36.8 Å². The van der Waals surface area contributed by atoms with Crippen molar-refractivity contribution in [3.63, 3.8) is 0 Å². The number of hydrogen-bond donors (Lipinski definition) is 1. The average molecular weight is 453 g/mol. The summed E-state index contributed by atoms with van der Waals surface area (Å²) in [7, 11) is -2.05. The fourth-order valence-electron chi connectivity index (χ4n) is 4.24. The maximum absolute atomic E-state index is 14.6. The molecule has 1 heterocycles. The lowest BCUT2D eigenvalue weighted by atomic mass is 10.0. The van der Waals surface area contributed by atoms with Crippen LogP contribution in [0.15, 0.2) is 89.8 Å². The van der Waals surface area contributed by atoms with E-state index >= 15 is 0 Å². The zero-order valence-corrected chi connectivity index (χ0v) is 18.5. The van der Waals surface area contributed by atoms with Crippen molar-refractivity contribution in [2.75, 3.05) is 11.9 Å². The largest absolute Gasteiger partial charge is 0.315 e. The monoisotopic (exact) mass is 452 g/mol. The summed E-state index contributed by atoms with van der Waals surface area (Å²) in [5, 5.41) is 2.36. The molecule has 3 aromatic rings. The van der Waals surface area contributed by atoms with Crippen LogP contribution >= 0.6 is 0 Å². The summed E-state index contributed by atoms with van der Waals surface area (Å²) in [5.74, 6) is -0.606. The molecule has 7 heteroatoms. The van der Waals surface area contributed by atoms with E-state index in [9.17, 15) is 17.6 Å². The van der Waals surface area contributed by atoms with Crippen LogP contribution in [-0.4, -0.2) is 32.7 Å². The minimum Gasteiger partial charge on any atom is -0.315 e. The van der Waals surface area contributed by atoms with Crippen LogP contribution in [-0.2, 0) is 14.6 Å². The van der Waals surface area contributed by atoms with Gasteiger partial charge in [0.2, 0.25) is 5.91 Å². The van der Waals surface area contributed by atoms with Crippen molar-refractivity contribution in [1.82, 2.24) is 5.32 Å². The number of anilines is 1. The van der Waals surface area contributed by atoms with Crippen LogP contribution in [0, 0.1) is 5.82 Å². The molecule has 0 saturated carbocycles. The number of carbonyl (C=O) groups is 1. The van der Waals surface area contributed by atoms with Gasteiger partial charge in [-0.25, -0.2) is 12.8 Å². The highest BCUT2D eigenvalue weighted by atomic mass is 32.2. The SMILES string of the molecule is CN(C(=O)CC1CC(S(=O)(=O)c2ccccc2)C(c2ccccc2F)N1)c1ccccc1. The maximum Gasteiger partial charge on any atom is 0.228 e. The van der Waals surface area contributed by atoms with Crippen molar-refractivity contribution < 1.29 is 17.6 Å². The summed E-state index contributed by atoms with van der Waals surface area (Å²) in [6, 6.07) is 22.5. The number of amides is 1. The topological polar surface area (TPSA) is 66.5 Å². The molecule has 166 valence electrons. The van der Waals surface area contributed by atoms with E-state index < -0.39 is 33.0 Å². The lowest BCUT2D eigenvalue weighted by Gasteiger charge is -2.21.